The van der Waals surface area contributed by atoms with Crippen LogP contribution in [0.2, 0.25) is 0 Å². The van der Waals surface area contributed by atoms with E-state index in [1.54, 1.807) is 39.9 Å². The van der Waals surface area contributed by atoms with Gasteiger partial charge >= 0.3 is 6.18 Å². The average molecular weight is 564 g/mol. The van der Waals surface area contributed by atoms with Crippen molar-refractivity contribution in [3.63, 3.8) is 0 Å². The molecule has 0 bridgehead atoms. The highest BCUT2D eigenvalue weighted by atomic mass is 19.4. The Morgan fingerprint density at radius 3 is 2.50 bits per heavy atom. The molecule has 40 heavy (non-hydrogen) atoms. The van der Waals surface area contributed by atoms with Crippen molar-refractivity contribution < 1.29 is 27.5 Å². The molecule has 1 aliphatic carbocycles. The van der Waals surface area contributed by atoms with Crippen LogP contribution >= 0.6 is 0 Å². The number of rotatable bonds is 11. The molecule has 0 aliphatic heterocycles. The van der Waals surface area contributed by atoms with Gasteiger partial charge in [0.25, 0.3) is 5.91 Å². The number of nitrogens with one attached hydrogen (secondary N) is 2. The van der Waals surface area contributed by atoms with Gasteiger partial charge in [-0.3, -0.25) is 14.3 Å². The van der Waals surface area contributed by atoms with E-state index >= 15 is 0 Å². The molecule has 0 radical (unpaired) electrons. The second-order valence-corrected chi connectivity index (χ2v) is 11.5. The quantitative estimate of drug-likeness (QED) is 0.349. The lowest BCUT2D eigenvalue weighted by Gasteiger charge is -2.24. The number of nitrogens with zero attached hydrogens (tertiary/aromatic N) is 5. The van der Waals surface area contributed by atoms with Gasteiger partial charge in [0.05, 0.1) is 48.8 Å². The van der Waals surface area contributed by atoms with Crippen molar-refractivity contribution in [1.82, 2.24) is 35.0 Å². The number of halogens is 3. The Kier molecular flexibility index (Phi) is 8.52. The Balaban J connectivity index is 1.57. The van der Waals surface area contributed by atoms with Gasteiger partial charge in [-0.1, -0.05) is 0 Å². The molecule has 0 spiro atoms. The molecule has 2 amide bonds. The summed E-state index contributed by atoms with van der Waals surface area (Å²) in [6, 6.07) is 2.35. The number of aromatic nitrogens is 5. The molecule has 13 heteroatoms. The monoisotopic (exact) mass is 563 g/mol. The number of carbonyl (C=O) groups is 2. The molecule has 0 aromatic carbocycles. The van der Waals surface area contributed by atoms with E-state index in [4.69, 9.17) is 9.72 Å². The van der Waals surface area contributed by atoms with E-state index < -0.39 is 42.6 Å². The van der Waals surface area contributed by atoms with Crippen molar-refractivity contribution in [2.45, 2.75) is 90.2 Å². The fraction of sp³-hybridized carbons (Fsp3) is 0.593. The van der Waals surface area contributed by atoms with Crippen molar-refractivity contribution in [1.29, 1.82) is 0 Å². The molecule has 2 atom stereocenters. The van der Waals surface area contributed by atoms with Crippen LogP contribution in [0.3, 0.4) is 0 Å². The number of amides is 2. The largest absolute Gasteiger partial charge is 0.389 e. The van der Waals surface area contributed by atoms with Gasteiger partial charge < -0.3 is 15.4 Å². The highest BCUT2D eigenvalue weighted by Gasteiger charge is 2.35. The van der Waals surface area contributed by atoms with E-state index in [2.05, 4.69) is 20.8 Å². The van der Waals surface area contributed by atoms with Crippen LogP contribution in [0.15, 0.2) is 30.7 Å². The predicted octanol–water partition coefficient (Wildman–Crippen LogP) is 4.70. The number of carbonyl (C=O) groups excluding carboxylic acids is 2. The van der Waals surface area contributed by atoms with Crippen molar-refractivity contribution >= 4 is 17.5 Å². The number of alkyl halides is 3. The van der Waals surface area contributed by atoms with Crippen LogP contribution in [0, 0.1) is 5.92 Å². The SMILES string of the molecule is CC(C)n1nccc1C(=O)N[C@@H](COC(C)(C)C)c1cn2ncc([C@@H](NC(=O)CCC(F)(F)F)C3CC3)cc2n1. The first-order valence-electron chi connectivity index (χ1n) is 13.4. The first kappa shape index (κ1) is 29.5. The van der Waals surface area contributed by atoms with Crippen LogP contribution in [-0.2, 0) is 9.53 Å². The van der Waals surface area contributed by atoms with E-state index in [1.807, 2.05) is 34.6 Å². The molecule has 3 aromatic rings. The molecule has 4 rings (SSSR count). The molecule has 0 saturated heterocycles. The zero-order valence-electron chi connectivity index (χ0n) is 23.3. The standard InChI is InChI=1S/C27H36F3N7O3/c1-16(2)37-21(9-11-31-37)25(39)34-20(15-40-26(3,4)5)19-14-36-22(33-19)12-18(13-32-36)24(17-6-7-17)35-23(38)8-10-27(28,29)30/h9,11-14,16-17,20,24H,6-8,10,15H2,1-5H3,(H,34,39)(H,35,38)/t20-,24-/m0/s1. The number of hydrogen-bond donors (Lipinski definition) is 2. The zero-order chi connectivity index (χ0) is 29.2. The van der Waals surface area contributed by atoms with E-state index in [0.717, 1.165) is 12.8 Å². The number of hydrogen-bond acceptors (Lipinski definition) is 6. The summed E-state index contributed by atoms with van der Waals surface area (Å²) < 4.78 is 46.9. The summed E-state index contributed by atoms with van der Waals surface area (Å²) in [5, 5.41) is 14.4. The number of ether oxygens (including phenoxy) is 1. The molecule has 1 aliphatic rings. The summed E-state index contributed by atoms with van der Waals surface area (Å²) in [5.74, 6) is -0.845. The Labute approximate surface area is 230 Å². The van der Waals surface area contributed by atoms with Gasteiger partial charge in [0, 0.05) is 18.7 Å². The minimum absolute atomic E-state index is 0.00814. The lowest BCUT2D eigenvalue weighted by Crippen LogP contribution is -2.35. The molecular weight excluding hydrogens is 527 g/mol. The third-order valence-corrected chi connectivity index (χ3v) is 6.50. The van der Waals surface area contributed by atoms with Crippen LogP contribution < -0.4 is 10.6 Å². The fourth-order valence-corrected chi connectivity index (χ4v) is 4.32. The zero-order valence-corrected chi connectivity index (χ0v) is 23.3. The van der Waals surface area contributed by atoms with Gasteiger partial charge in [-0.05, 0) is 71.1 Å². The van der Waals surface area contributed by atoms with Gasteiger partial charge in [-0.15, -0.1) is 0 Å². The van der Waals surface area contributed by atoms with Crippen LogP contribution in [0.5, 0.6) is 0 Å². The van der Waals surface area contributed by atoms with Crippen molar-refractivity contribution in [2.24, 2.45) is 5.92 Å². The summed E-state index contributed by atoms with van der Waals surface area (Å²) in [5.41, 5.74) is 1.61. The average Bonchev–Trinajstić information content (AvgIpc) is 3.40. The van der Waals surface area contributed by atoms with E-state index in [-0.39, 0.29) is 24.5 Å². The minimum Gasteiger partial charge on any atom is -0.373 e. The van der Waals surface area contributed by atoms with Crippen molar-refractivity contribution in [3.8, 4) is 0 Å². The van der Waals surface area contributed by atoms with Crippen LogP contribution in [-0.4, -0.2) is 54.6 Å². The molecule has 2 N–H and O–H groups in total. The van der Waals surface area contributed by atoms with Gasteiger partial charge in [0.15, 0.2) is 5.65 Å². The summed E-state index contributed by atoms with van der Waals surface area (Å²) in [7, 11) is 0. The summed E-state index contributed by atoms with van der Waals surface area (Å²) in [6.07, 6.45) is 0.399. The molecule has 1 fully saturated rings. The highest BCUT2D eigenvalue weighted by Crippen LogP contribution is 2.41. The summed E-state index contributed by atoms with van der Waals surface area (Å²) in [4.78, 5) is 30.2. The van der Waals surface area contributed by atoms with Crippen molar-refractivity contribution in [2.75, 3.05) is 6.61 Å². The molecule has 10 nitrogen and oxygen atoms in total. The van der Waals surface area contributed by atoms with Crippen LogP contribution in [0.4, 0.5) is 13.2 Å². The Morgan fingerprint density at radius 2 is 1.88 bits per heavy atom. The van der Waals surface area contributed by atoms with E-state index in [0.29, 0.717) is 22.6 Å². The first-order chi connectivity index (χ1) is 18.7. The van der Waals surface area contributed by atoms with E-state index in [9.17, 15) is 22.8 Å². The lowest BCUT2D eigenvalue weighted by molar-refractivity contribution is -0.144. The van der Waals surface area contributed by atoms with Gasteiger partial charge in [0.2, 0.25) is 5.91 Å². The fourth-order valence-electron chi connectivity index (χ4n) is 4.32. The Hall–Kier alpha value is -3.48. The molecule has 218 valence electrons. The first-order valence-corrected chi connectivity index (χ1v) is 13.4. The molecule has 0 unspecified atom stereocenters. The Morgan fingerprint density at radius 1 is 1.15 bits per heavy atom. The maximum atomic E-state index is 13.2. The third-order valence-electron chi connectivity index (χ3n) is 6.50. The summed E-state index contributed by atoms with van der Waals surface area (Å²) >= 11 is 0. The van der Waals surface area contributed by atoms with Gasteiger partial charge in [0.1, 0.15) is 5.69 Å². The maximum absolute atomic E-state index is 13.2. The van der Waals surface area contributed by atoms with Crippen LogP contribution in [0.25, 0.3) is 5.65 Å². The smallest absolute Gasteiger partial charge is 0.373 e. The normalized spacial score (nSPS) is 15.8. The van der Waals surface area contributed by atoms with Crippen LogP contribution in [0.1, 0.15) is 100 Å². The maximum Gasteiger partial charge on any atom is 0.389 e. The molecule has 1 saturated carbocycles. The molecular formula is C27H36F3N7O3. The highest BCUT2D eigenvalue weighted by molar-refractivity contribution is 5.92. The number of fused-ring (bicyclic) bond motifs is 1. The van der Waals surface area contributed by atoms with E-state index in [1.165, 1.54) is 0 Å². The minimum atomic E-state index is -4.39. The summed E-state index contributed by atoms with van der Waals surface area (Å²) in [6.45, 7) is 9.77. The lowest BCUT2D eigenvalue weighted by atomic mass is 10.0. The molecule has 3 aromatic heterocycles. The Bertz CT molecular complexity index is 1340. The second kappa shape index (κ2) is 11.6. The van der Waals surface area contributed by atoms with Gasteiger partial charge in [-0.2, -0.15) is 23.4 Å². The van der Waals surface area contributed by atoms with Crippen molar-refractivity contribution in [3.05, 3.63) is 47.7 Å². The second-order valence-electron chi connectivity index (χ2n) is 11.5. The molecule has 3 heterocycles. The predicted molar refractivity (Wildman–Crippen MR) is 140 cm³/mol. The van der Waals surface area contributed by atoms with Gasteiger partial charge in [-0.25, -0.2) is 9.50 Å². The third kappa shape index (κ3) is 7.80. The topological polar surface area (TPSA) is 115 Å². The number of imidazole rings is 1.